The Kier molecular flexibility index (Phi) is 10.2. The van der Waals surface area contributed by atoms with E-state index in [0.29, 0.717) is 6.04 Å². The molecule has 3 N–H and O–H groups in total. The molecular weight excluding hydrogens is 234 g/mol. The predicted octanol–water partition coefficient (Wildman–Crippen LogP) is 3.47. The lowest BCUT2D eigenvalue weighted by Gasteiger charge is -2.45. The second kappa shape index (κ2) is 10.4. The molecule has 19 heavy (non-hydrogen) atoms. The zero-order chi connectivity index (χ0) is 14.7. The van der Waals surface area contributed by atoms with Crippen molar-refractivity contribution in [3.63, 3.8) is 0 Å². The van der Waals surface area contributed by atoms with E-state index in [0.717, 1.165) is 32.4 Å². The minimum Gasteiger partial charge on any atom is -0.297 e. The van der Waals surface area contributed by atoms with Crippen LogP contribution in [0.15, 0.2) is 12.7 Å². The van der Waals surface area contributed by atoms with E-state index >= 15 is 0 Å². The Morgan fingerprint density at radius 3 is 2.26 bits per heavy atom. The molecule has 0 aliphatic carbocycles. The third-order valence-electron chi connectivity index (χ3n) is 4.55. The fraction of sp³-hybridized carbons (Fsp3) is 0.875. The molecule has 0 aromatic heterocycles. The Balaban J connectivity index is 4.46. The molecule has 0 heterocycles. The van der Waals surface area contributed by atoms with Crippen LogP contribution in [0.2, 0.25) is 0 Å². The van der Waals surface area contributed by atoms with Crippen LogP contribution in [0.5, 0.6) is 0 Å². The molecule has 0 aromatic carbocycles. The highest BCUT2D eigenvalue weighted by atomic mass is 15.3. The standard InChI is InChI=1S/C16H35N3/c1-6-10-11-12-13-14-15(18-17)16(5,7-2)19(8-3)9-4/h6,15,18H,1,7-14,17H2,2-5H3. The van der Waals surface area contributed by atoms with Gasteiger partial charge in [-0.1, -0.05) is 39.7 Å². The number of unbranched alkanes of at least 4 members (excludes halogenated alkanes) is 3. The van der Waals surface area contributed by atoms with Gasteiger partial charge < -0.3 is 0 Å². The topological polar surface area (TPSA) is 41.3 Å². The van der Waals surface area contributed by atoms with Crippen LogP contribution in [0.1, 0.15) is 66.2 Å². The molecule has 0 spiro atoms. The Labute approximate surface area is 120 Å². The second-order valence-corrected chi connectivity index (χ2v) is 5.53. The summed E-state index contributed by atoms with van der Waals surface area (Å²) in [5, 5.41) is 0. The SMILES string of the molecule is C=CCCCCCC(NN)C(C)(CC)N(CC)CC. The van der Waals surface area contributed by atoms with Crippen molar-refractivity contribution in [1.29, 1.82) is 0 Å². The molecule has 0 amide bonds. The summed E-state index contributed by atoms with van der Waals surface area (Å²) in [6.07, 6.45) is 9.15. The first-order valence-electron chi connectivity index (χ1n) is 7.92. The van der Waals surface area contributed by atoms with Crippen molar-refractivity contribution in [1.82, 2.24) is 10.3 Å². The summed E-state index contributed by atoms with van der Waals surface area (Å²) in [5.74, 6) is 5.83. The summed E-state index contributed by atoms with van der Waals surface area (Å²) in [4.78, 5) is 2.53. The lowest BCUT2D eigenvalue weighted by molar-refractivity contribution is 0.0656. The third-order valence-corrected chi connectivity index (χ3v) is 4.55. The van der Waals surface area contributed by atoms with Crippen LogP contribution < -0.4 is 11.3 Å². The molecule has 0 rings (SSSR count). The molecule has 3 heteroatoms. The second-order valence-electron chi connectivity index (χ2n) is 5.53. The summed E-state index contributed by atoms with van der Waals surface area (Å²) in [6.45, 7) is 15.0. The van der Waals surface area contributed by atoms with Crippen LogP contribution in [-0.4, -0.2) is 29.6 Å². The van der Waals surface area contributed by atoms with Gasteiger partial charge in [0.25, 0.3) is 0 Å². The first-order chi connectivity index (χ1) is 9.10. The van der Waals surface area contributed by atoms with Gasteiger partial charge in [-0.05, 0) is 45.7 Å². The van der Waals surface area contributed by atoms with Gasteiger partial charge >= 0.3 is 0 Å². The van der Waals surface area contributed by atoms with Crippen LogP contribution in [0, 0.1) is 0 Å². The first kappa shape index (κ1) is 18.6. The molecule has 0 bridgehead atoms. The number of hydrogen-bond acceptors (Lipinski definition) is 3. The average Bonchev–Trinajstić information content (AvgIpc) is 2.43. The maximum absolute atomic E-state index is 5.83. The van der Waals surface area contributed by atoms with E-state index in [4.69, 9.17) is 5.84 Å². The first-order valence-corrected chi connectivity index (χ1v) is 7.92. The minimum absolute atomic E-state index is 0.149. The van der Waals surface area contributed by atoms with Crippen molar-refractivity contribution in [3.8, 4) is 0 Å². The molecule has 0 aliphatic rings. The molecule has 0 aromatic rings. The van der Waals surface area contributed by atoms with Gasteiger partial charge in [-0.15, -0.1) is 6.58 Å². The third kappa shape index (κ3) is 5.64. The maximum atomic E-state index is 5.83. The molecule has 0 radical (unpaired) electrons. The summed E-state index contributed by atoms with van der Waals surface area (Å²) in [5.41, 5.74) is 3.22. The smallest absolute Gasteiger partial charge is 0.0391 e. The summed E-state index contributed by atoms with van der Waals surface area (Å²) >= 11 is 0. The molecule has 2 unspecified atom stereocenters. The maximum Gasteiger partial charge on any atom is 0.0391 e. The lowest BCUT2D eigenvalue weighted by atomic mass is 9.84. The quantitative estimate of drug-likeness (QED) is 0.247. The molecule has 3 nitrogen and oxygen atoms in total. The fourth-order valence-electron chi connectivity index (χ4n) is 3.02. The Bertz CT molecular complexity index is 226. The number of hydrogen-bond donors (Lipinski definition) is 2. The highest BCUT2D eigenvalue weighted by Gasteiger charge is 2.35. The van der Waals surface area contributed by atoms with Crippen molar-refractivity contribution < 1.29 is 0 Å². The molecule has 0 aliphatic heterocycles. The zero-order valence-corrected chi connectivity index (χ0v) is 13.5. The molecule has 114 valence electrons. The lowest BCUT2D eigenvalue weighted by Crippen LogP contribution is -2.60. The van der Waals surface area contributed by atoms with E-state index in [2.05, 4.69) is 44.6 Å². The number of nitrogens with one attached hydrogen (secondary N) is 1. The van der Waals surface area contributed by atoms with Crippen LogP contribution in [0.4, 0.5) is 0 Å². The Morgan fingerprint density at radius 1 is 1.21 bits per heavy atom. The van der Waals surface area contributed by atoms with Crippen molar-refractivity contribution in [3.05, 3.63) is 12.7 Å². The fourth-order valence-corrected chi connectivity index (χ4v) is 3.02. The van der Waals surface area contributed by atoms with E-state index < -0.39 is 0 Å². The minimum atomic E-state index is 0.149. The Hall–Kier alpha value is -0.380. The molecule has 0 saturated heterocycles. The van der Waals surface area contributed by atoms with Gasteiger partial charge in [0.05, 0.1) is 0 Å². The van der Waals surface area contributed by atoms with E-state index in [1.807, 2.05) is 6.08 Å². The molecule has 0 saturated carbocycles. The number of allylic oxidation sites excluding steroid dienone is 1. The van der Waals surface area contributed by atoms with Crippen LogP contribution >= 0.6 is 0 Å². The summed E-state index contributed by atoms with van der Waals surface area (Å²) < 4.78 is 0. The number of nitrogens with two attached hydrogens (primary N) is 1. The zero-order valence-electron chi connectivity index (χ0n) is 13.5. The van der Waals surface area contributed by atoms with Crippen molar-refractivity contribution >= 4 is 0 Å². The normalized spacial score (nSPS) is 16.3. The molecule has 0 fully saturated rings. The van der Waals surface area contributed by atoms with Crippen molar-refractivity contribution in [2.24, 2.45) is 5.84 Å². The van der Waals surface area contributed by atoms with E-state index in [-0.39, 0.29) is 5.54 Å². The van der Waals surface area contributed by atoms with Crippen LogP contribution in [0.25, 0.3) is 0 Å². The van der Waals surface area contributed by atoms with Crippen LogP contribution in [-0.2, 0) is 0 Å². The van der Waals surface area contributed by atoms with Crippen LogP contribution in [0.3, 0.4) is 0 Å². The van der Waals surface area contributed by atoms with Crippen molar-refractivity contribution in [2.75, 3.05) is 13.1 Å². The van der Waals surface area contributed by atoms with E-state index in [1.54, 1.807) is 0 Å². The highest BCUT2D eigenvalue weighted by molar-refractivity contribution is 4.94. The van der Waals surface area contributed by atoms with E-state index in [9.17, 15) is 0 Å². The van der Waals surface area contributed by atoms with Crippen molar-refractivity contribution in [2.45, 2.75) is 77.8 Å². The number of likely N-dealkylation sites (N-methyl/N-ethyl adjacent to an activating group) is 1. The van der Waals surface area contributed by atoms with Gasteiger partial charge in [0.15, 0.2) is 0 Å². The number of rotatable bonds is 12. The summed E-state index contributed by atoms with van der Waals surface area (Å²) in [7, 11) is 0. The largest absolute Gasteiger partial charge is 0.297 e. The monoisotopic (exact) mass is 269 g/mol. The Morgan fingerprint density at radius 2 is 1.84 bits per heavy atom. The van der Waals surface area contributed by atoms with Gasteiger partial charge in [-0.25, -0.2) is 0 Å². The molecular formula is C16H35N3. The number of nitrogens with zero attached hydrogens (tertiary/aromatic N) is 1. The van der Waals surface area contributed by atoms with Gasteiger partial charge in [0.2, 0.25) is 0 Å². The van der Waals surface area contributed by atoms with E-state index in [1.165, 1.54) is 19.3 Å². The van der Waals surface area contributed by atoms with Gasteiger partial charge in [0.1, 0.15) is 0 Å². The van der Waals surface area contributed by atoms with Gasteiger partial charge in [-0.2, -0.15) is 0 Å². The van der Waals surface area contributed by atoms with Gasteiger partial charge in [0, 0.05) is 11.6 Å². The number of hydrazine groups is 1. The average molecular weight is 269 g/mol. The van der Waals surface area contributed by atoms with Gasteiger partial charge in [-0.3, -0.25) is 16.2 Å². The predicted molar refractivity (Wildman–Crippen MR) is 86.0 cm³/mol. The summed E-state index contributed by atoms with van der Waals surface area (Å²) in [6, 6.07) is 0.362. The highest BCUT2D eigenvalue weighted by Crippen LogP contribution is 2.26. The molecule has 2 atom stereocenters.